The van der Waals surface area contributed by atoms with Crippen molar-refractivity contribution in [2.45, 2.75) is 24.3 Å². The molecule has 0 bridgehead atoms. The molecule has 1 heterocycles. The third kappa shape index (κ3) is 4.54. The number of benzene rings is 2. The van der Waals surface area contributed by atoms with Crippen molar-refractivity contribution in [3.05, 3.63) is 54.1 Å². The monoisotopic (exact) mass is 399 g/mol. The summed E-state index contributed by atoms with van der Waals surface area (Å²) in [7, 11) is 1.55. The smallest absolute Gasteiger partial charge is 0.308 e. The second-order valence-corrected chi connectivity index (χ2v) is 7.29. The third-order valence-electron chi connectivity index (χ3n) is 4.40. The molecule has 0 fully saturated rings. The average Bonchev–Trinajstić information content (AvgIpc) is 2.72. The van der Waals surface area contributed by atoms with E-state index in [0.717, 1.165) is 10.6 Å². The Morgan fingerprint density at radius 2 is 1.86 bits per heavy atom. The molecule has 0 N–H and O–H groups in total. The van der Waals surface area contributed by atoms with Crippen LogP contribution < -0.4 is 9.64 Å². The number of fused-ring (bicyclic) bond motifs is 1. The minimum atomic E-state index is -0.902. The molecule has 1 atom stereocenters. The van der Waals surface area contributed by atoms with E-state index in [0.29, 0.717) is 17.1 Å². The molecule has 2 aromatic carbocycles. The standard InChI is InChI=1S/C21H21NO5S/c1-14(21(25)15-7-9-16(26-2)10-8-15)27-20(24)11-12-22-17-5-3-4-6-18(17)28-13-19(22)23/h3-10,14H,11-13H2,1-2H3/t14-/m0/s1. The summed E-state index contributed by atoms with van der Waals surface area (Å²) < 4.78 is 10.3. The number of carbonyl (C=O) groups excluding carboxylic acids is 3. The van der Waals surface area contributed by atoms with Crippen molar-refractivity contribution >= 4 is 35.1 Å². The number of ketones is 1. The summed E-state index contributed by atoms with van der Waals surface area (Å²) in [6, 6.07) is 14.2. The van der Waals surface area contributed by atoms with Crippen molar-refractivity contribution in [1.29, 1.82) is 0 Å². The van der Waals surface area contributed by atoms with Gasteiger partial charge in [-0.2, -0.15) is 0 Å². The highest BCUT2D eigenvalue weighted by Crippen LogP contribution is 2.34. The van der Waals surface area contributed by atoms with Crippen LogP contribution in [0.4, 0.5) is 5.69 Å². The number of methoxy groups -OCH3 is 1. The molecule has 146 valence electrons. The van der Waals surface area contributed by atoms with Crippen LogP contribution in [0.15, 0.2) is 53.4 Å². The molecule has 3 rings (SSSR count). The predicted molar refractivity (Wildman–Crippen MR) is 107 cm³/mol. The molecule has 0 radical (unpaired) electrons. The second-order valence-electron chi connectivity index (χ2n) is 6.28. The maximum atomic E-state index is 12.4. The first kappa shape index (κ1) is 19.9. The first-order valence-corrected chi connectivity index (χ1v) is 9.88. The summed E-state index contributed by atoms with van der Waals surface area (Å²) in [6.07, 6.45) is -0.883. The molecule has 1 amide bonds. The largest absolute Gasteiger partial charge is 0.497 e. The van der Waals surface area contributed by atoms with Gasteiger partial charge in [-0.1, -0.05) is 12.1 Å². The zero-order valence-corrected chi connectivity index (χ0v) is 16.5. The van der Waals surface area contributed by atoms with Gasteiger partial charge in [0.25, 0.3) is 0 Å². The molecule has 0 unspecified atom stereocenters. The summed E-state index contributed by atoms with van der Waals surface area (Å²) in [6.45, 7) is 1.77. The Morgan fingerprint density at radius 3 is 2.57 bits per heavy atom. The quantitative estimate of drug-likeness (QED) is 0.525. The number of esters is 1. The SMILES string of the molecule is COc1ccc(C(=O)[C@H](C)OC(=O)CCN2C(=O)CSc3ccccc32)cc1. The van der Waals surface area contributed by atoms with Gasteiger partial charge in [0, 0.05) is 17.0 Å². The number of hydrogen-bond acceptors (Lipinski definition) is 6. The fourth-order valence-electron chi connectivity index (χ4n) is 2.90. The number of thioether (sulfide) groups is 1. The van der Waals surface area contributed by atoms with Crippen LogP contribution in [0.5, 0.6) is 5.75 Å². The Kier molecular flexibility index (Phi) is 6.36. The van der Waals surface area contributed by atoms with Crippen LogP contribution in [0.25, 0.3) is 0 Å². The van der Waals surface area contributed by atoms with E-state index < -0.39 is 12.1 Å². The second kappa shape index (κ2) is 8.93. The fraction of sp³-hybridized carbons (Fsp3) is 0.286. The number of hydrogen-bond donors (Lipinski definition) is 0. The van der Waals surface area contributed by atoms with Gasteiger partial charge < -0.3 is 14.4 Å². The third-order valence-corrected chi connectivity index (χ3v) is 5.45. The lowest BCUT2D eigenvalue weighted by Gasteiger charge is -2.28. The molecule has 0 aromatic heterocycles. The highest BCUT2D eigenvalue weighted by atomic mass is 32.2. The number of carbonyl (C=O) groups is 3. The fourth-order valence-corrected chi connectivity index (χ4v) is 3.84. The molecular formula is C21H21NO5S. The predicted octanol–water partition coefficient (Wildman–Crippen LogP) is 3.34. The number of para-hydroxylation sites is 1. The summed E-state index contributed by atoms with van der Waals surface area (Å²) in [5.74, 6) is 0.146. The number of amides is 1. The lowest BCUT2D eigenvalue weighted by atomic mass is 10.1. The van der Waals surface area contributed by atoms with Crippen molar-refractivity contribution in [3.8, 4) is 5.75 Å². The van der Waals surface area contributed by atoms with Crippen LogP contribution in [0.3, 0.4) is 0 Å². The van der Waals surface area contributed by atoms with Gasteiger partial charge in [0.2, 0.25) is 11.7 Å². The number of rotatable bonds is 7. The molecule has 0 saturated heterocycles. The van der Waals surface area contributed by atoms with Gasteiger partial charge in [0.05, 0.1) is 25.0 Å². The first-order chi connectivity index (χ1) is 13.5. The maximum absolute atomic E-state index is 12.4. The molecule has 6 nitrogen and oxygen atoms in total. The van der Waals surface area contributed by atoms with Gasteiger partial charge in [0.15, 0.2) is 6.10 Å². The van der Waals surface area contributed by atoms with Gasteiger partial charge in [-0.15, -0.1) is 11.8 Å². The van der Waals surface area contributed by atoms with Crippen LogP contribution in [-0.4, -0.2) is 43.2 Å². The summed E-state index contributed by atoms with van der Waals surface area (Å²) in [5, 5.41) is 0. The van der Waals surface area contributed by atoms with Crippen LogP contribution in [0, 0.1) is 0 Å². The van der Waals surface area contributed by atoms with Crippen LogP contribution in [0.1, 0.15) is 23.7 Å². The molecule has 1 aliphatic heterocycles. The normalized spacial score (nSPS) is 14.2. The van der Waals surface area contributed by atoms with Gasteiger partial charge in [0.1, 0.15) is 5.75 Å². The van der Waals surface area contributed by atoms with E-state index in [9.17, 15) is 14.4 Å². The Balaban J connectivity index is 1.56. The van der Waals surface area contributed by atoms with E-state index in [1.165, 1.54) is 11.8 Å². The van der Waals surface area contributed by atoms with Crippen molar-refractivity contribution in [2.75, 3.05) is 24.3 Å². The number of nitrogens with zero attached hydrogens (tertiary/aromatic N) is 1. The minimum absolute atomic E-state index is 0.0188. The first-order valence-electron chi connectivity index (χ1n) is 8.89. The zero-order chi connectivity index (χ0) is 20.1. The van der Waals surface area contributed by atoms with E-state index >= 15 is 0 Å². The molecule has 2 aromatic rings. The zero-order valence-electron chi connectivity index (χ0n) is 15.7. The van der Waals surface area contributed by atoms with Crippen molar-refractivity contribution in [1.82, 2.24) is 0 Å². The Labute approximate surface area is 167 Å². The van der Waals surface area contributed by atoms with Gasteiger partial charge in [-0.3, -0.25) is 14.4 Å². The van der Waals surface area contributed by atoms with E-state index in [1.54, 1.807) is 43.2 Å². The van der Waals surface area contributed by atoms with E-state index in [4.69, 9.17) is 9.47 Å². The summed E-state index contributed by atoms with van der Waals surface area (Å²) in [5.41, 5.74) is 1.25. The van der Waals surface area contributed by atoms with Crippen molar-refractivity contribution in [3.63, 3.8) is 0 Å². The van der Waals surface area contributed by atoms with Crippen LogP contribution in [-0.2, 0) is 14.3 Å². The highest BCUT2D eigenvalue weighted by Gasteiger charge is 2.26. The molecule has 7 heteroatoms. The Morgan fingerprint density at radius 1 is 1.14 bits per heavy atom. The van der Waals surface area contributed by atoms with E-state index in [-0.39, 0.29) is 24.7 Å². The molecule has 0 spiro atoms. The van der Waals surface area contributed by atoms with Crippen LogP contribution >= 0.6 is 11.8 Å². The van der Waals surface area contributed by atoms with Gasteiger partial charge >= 0.3 is 5.97 Å². The number of ether oxygens (including phenoxy) is 2. The van der Waals surface area contributed by atoms with Gasteiger partial charge in [-0.25, -0.2) is 0 Å². The maximum Gasteiger partial charge on any atom is 0.308 e. The molecule has 0 aliphatic carbocycles. The topological polar surface area (TPSA) is 72.9 Å². The Hall–Kier alpha value is -2.80. The Bertz CT molecular complexity index is 881. The van der Waals surface area contributed by atoms with Crippen LogP contribution in [0.2, 0.25) is 0 Å². The molecule has 28 heavy (non-hydrogen) atoms. The summed E-state index contributed by atoms with van der Waals surface area (Å²) >= 11 is 1.49. The highest BCUT2D eigenvalue weighted by molar-refractivity contribution is 8.00. The number of anilines is 1. The van der Waals surface area contributed by atoms with E-state index in [1.807, 2.05) is 24.3 Å². The average molecular weight is 399 g/mol. The van der Waals surface area contributed by atoms with E-state index in [2.05, 4.69) is 0 Å². The molecule has 0 saturated carbocycles. The number of Topliss-reactive ketones (excluding diaryl/α,β-unsaturated/α-hetero) is 1. The lowest BCUT2D eigenvalue weighted by Crippen LogP contribution is -2.37. The minimum Gasteiger partial charge on any atom is -0.497 e. The van der Waals surface area contributed by atoms with Crippen molar-refractivity contribution < 1.29 is 23.9 Å². The molecule has 1 aliphatic rings. The summed E-state index contributed by atoms with van der Waals surface area (Å²) in [4.78, 5) is 39.5. The lowest BCUT2D eigenvalue weighted by molar-refractivity contribution is -0.146. The molecular weight excluding hydrogens is 378 g/mol. The van der Waals surface area contributed by atoms with Gasteiger partial charge in [-0.05, 0) is 43.3 Å². The van der Waals surface area contributed by atoms with Crippen molar-refractivity contribution in [2.24, 2.45) is 0 Å².